The zero-order valence-corrected chi connectivity index (χ0v) is 16.8. The Balaban J connectivity index is 1.79. The number of hydrogen-bond donors (Lipinski definition) is 2. The summed E-state index contributed by atoms with van der Waals surface area (Å²) in [6.07, 6.45) is 2.94. The minimum atomic E-state index is -4.10. The van der Waals surface area contributed by atoms with E-state index in [9.17, 15) is 18.3 Å². The first-order chi connectivity index (χ1) is 14.5. The molecule has 150 valence electrons. The highest BCUT2D eigenvalue weighted by atomic mass is 32.2. The lowest BCUT2D eigenvalue weighted by molar-refractivity contribution is 0.477. The Morgan fingerprint density at radius 2 is 1.90 bits per heavy atom. The van der Waals surface area contributed by atoms with Crippen LogP contribution >= 0.6 is 11.3 Å². The molecule has 4 aromatic heterocycles. The van der Waals surface area contributed by atoms with Gasteiger partial charge in [0, 0.05) is 17.3 Å². The summed E-state index contributed by atoms with van der Waals surface area (Å²) in [4.78, 5) is 22.5. The summed E-state index contributed by atoms with van der Waals surface area (Å²) in [5.74, 6) is -0.641. The van der Waals surface area contributed by atoms with Crippen LogP contribution in [0.4, 0.5) is 5.82 Å². The highest BCUT2D eigenvalue weighted by molar-refractivity contribution is 7.90. The number of anilines is 1. The van der Waals surface area contributed by atoms with Crippen molar-refractivity contribution < 1.29 is 13.5 Å². The molecule has 0 saturated heterocycles. The smallest absolute Gasteiger partial charge is 0.287 e. The molecular weight excluding hydrogens is 426 g/mol. The van der Waals surface area contributed by atoms with E-state index >= 15 is 0 Å². The van der Waals surface area contributed by atoms with Gasteiger partial charge < -0.3 is 10.4 Å². The molecule has 11 heteroatoms. The van der Waals surface area contributed by atoms with E-state index in [0.717, 1.165) is 4.88 Å². The third kappa shape index (κ3) is 2.86. The second-order valence-corrected chi connectivity index (χ2v) is 9.06. The Morgan fingerprint density at radius 1 is 1.10 bits per heavy atom. The first-order valence-corrected chi connectivity index (χ1v) is 11.1. The van der Waals surface area contributed by atoms with Crippen LogP contribution in [-0.4, -0.2) is 33.9 Å². The van der Waals surface area contributed by atoms with Gasteiger partial charge in [0.05, 0.1) is 11.9 Å². The maximum Gasteiger partial charge on any atom is 0.287 e. The summed E-state index contributed by atoms with van der Waals surface area (Å²) in [5, 5.41) is 15.8. The van der Waals surface area contributed by atoms with Crippen molar-refractivity contribution in [1.82, 2.24) is 14.5 Å². The van der Waals surface area contributed by atoms with Gasteiger partial charge >= 0.3 is 0 Å². The summed E-state index contributed by atoms with van der Waals surface area (Å²) >= 11 is 1.47. The van der Waals surface area contributed by atoms with Gasteiger partial charge in [-0.1, -0.05) is 6.07 Å². The molecule has 0 spiro atoms. The fraction of sp³-hybridized carbons (Fsp3) is 0.0526. The number of pyridine rings is 3. The van der Waals surface area contributed by atoms with E-state index in [1.165, 1.54) is 40.4 Å². The van der Waals surface area contributed by atoms with Crippen LogP contribution < -0.4 is 10.9 Å². The van der Waals surface area contributed by atoms with Crippen LogP contribution in [0.5, 0.6) is 5.75 Å². The number of fused-ring (bicyclic) bond motifs is 2. The molecule has 1 aliphatic heterocycles. The van der Waals surface area contributed by atoms with Crippen LogP contribution in [0, 0.1) is 0 Å². The highest BCUT2D eigenvalue weighted by Gasteiger charge is 2.30. The van der Waals surface area contributed by atoms with Crippen molar-refractivity contribution in [3.05, 3.63) is 75.0 Å². The maximum absolute atomic E-state index is 13.4. The van der Waals surface area contributed by atoms with Crippen molar-refractivity contribution in [1.29, 1.82) is 0 Å². The van der Waals surface area contributed by atoms with Gasteiger partial charge in [0.2, 0.25) is 0 Å². The maximum atomic E-state index is 13.4. The summed E-state index contributed by atoms with van der Waals surface area (Å²) in [7, 11) is -4.10. The minimum absolute atomic E-state index is 0.0393. The highest BCUT2D eigenvalue weighted by Crippen LogP contribution is 2.30. The minimum Gasteiger partial charge on any atom is -0.506 e. The van der Waals surface area contributed by atoms with Gasteiger partial charge in [-0.25, -0.2) is 9.97 Å². The van der Waals surface area contributed by atoms with Crippen LogP contribution in [0.15, 0.2) is 68.3 Å². The largest absolute Gasteiger partial charge is 0.506 e. The molecule has 30 heavy (non-hydrogen) atoms. The molecule has 0 bridgehead atoms. The van der Waals surface area contributed by atoms with E-state index in [1.54, 1.807) is 12.1 Å². The Labute approximate surface area is 174 Å². The summed E-state index contributed by atoms with van der Waals surface area (Å²) < 4.78 is 30.4. The number of aromatic hydroxyl groups is 1. The SMILES string of the molecule is O=c1c(C2=NS(=O)(=O)c3cccnc3N2)c(O)c2cccnc2n1Cc1cccs1. The normalized spacial score (nSPS) is 14.7. The van der Waals surface area contributed by atoms with E-state index in [0.29, 0.717) is 5.39 Å². The van der Waals surface area contributed by atoms with Gasteiger partial charge in [-0.2, -0.15) is 8.42 Å². The van der Waals surface area contributed by atoms with Crippen LogP contribution in [0.1, 0.15) is 10.4 Å². The molecule has 0 unspecified atom stereocenters. The lowest BCUT2D eigenvalue weighted by Crippen LogP contribution is -2.33. The Hall–Kier alpha value is -3.57. The number of rotatable bonds is 3. The van der Waals surface area contributed by atoms with Crippen LogP contribution in [0.3, 0.4) is 0 Å². The summed E-state index contributed by atoms with van der Waals surface area (Å²) in [5.41, 5.74) is -0.588. The van der Waals surface area contributed by atoms with Crippen molar-refractivity contribution in [3.63, 3.8) is 0 Å². The molecule has 5 heterocycles. The Kier molecular flexibility index (Phi) is 4.15. The number of nitrogens with one attached hydrogen (secondary N) is 1. The van der Waals surface area contributed by atoms with Gasteiger partial charge in [-0.3, -0.25) is 9.36 Å². The second kappa shape index (κ2) is 6.75. The second-order valence-electron chi connectivity index (χ2n) is 6.46. The van der Waals surface area contributed by atoms with E-state index in [1.807, 2.05) is 17.5 Å². The van der Waals surface area contributed by atoms with Gasteiger partial charge in [0.15, 0.2) is 11.7 Å². The molecule has 4 aromatic rings. The lowest BCUT2D eigenvalue weighted by atomic mass is 10.1. The standard InChI is InChI=1S/C19H13N5O4S2/c25-15-12-5-1-8-21-18(12)24(10-11-4-3-9-29-11)19(26)14(15)17-22-16-13(6-2-7-20-16)30(27,28)23-17/h1-9,25H,10H2,(H,20,22,23). The van der Waals surface area contributed by atoms with Gasteiger partial charge in [-0.05, 0) is 35.7 Å². The zero-order chi connectivity index (χ0) is 20.9. The van der Waals surface area contributed by atoms with Crippen molar-refractivity contribution in [3.8, 4) is 5.75 Å². The molecule has 0 aliphatic carbocycles. The fourth-order valence-corrected chi connectivity index (χ4v) is 5.05. The molecule has 0 saturated carbocycles. The van der Waals surface area contributed by atoms with E-state index in [2.05, 4.69) is 19.7 Å². The van der Waals surface area contributed by atoms with Gasteiger partial charge in [-0.15, -0.1) is 15.7 Å². The fourth-order valence-electron chi connectivity index (χ4n) is 3.29. The predicted molar refractivity (Wildman–Crippen MR) is 113 cm³/mol. The predicted octanol–water partition coefficient (Wildman–Crippen LogP) is 2.17. The van der Waals surface area contributed by atoms with Crippen molar-refractivity contribution in [2.75, 3.05) is 5.32 Å². The van der Waals surface area contributed by atoms with Gasteiger partial charge in [0.1, 0.15) is 21.9 Å². The van der Waals surface area contributed by atoms with Crippen molar-refractivity contribution >= 4 is 44.0 Å². The quantitative estimate of drug-likeness (QED) is 0.501. The first-order valence-electron chi connectivity index (χ1n) is 8.76. The average molecular weight is 439 g/mol. The molecule has 0 amide bonds. The molecule has 1 aliphatic rings. The van der Waals surface area contributed by atoms with Crippen LogP contribution in [0.25, 0.3) is 11.0 Å². The zero-order valence-electron chi connectivity index (χ0n) is 15.2. The number of thiophene rings is 1. The molecule has 0 fully saturated rings. The third-order valence-electron chi connectivity index (χ3n) is 4.62. The molecule has 9 nitrogen and oxygen atoms in total. The molecule has 0 aromatic carbocycles. The van der Waals surface area contributed by atoms with E-state index < -0.39 is 21.3 Å². The van der Waals surface area contributed by atoms with E-state index in [4.69, 9.17) is 0 Å². The average Bonchev–Trinajstić information content (AvgIpc) is 3.24. The van der Waals surface area contributed by atoms with E-state index in [-0.39, 0.29) is 34.3 Å². The number of nitrogens with zero attached hydrogens (tertiary/aromatic N) is 4. The first kappa shape index (κ1) is 18.5. The lowest BCUT2D eigenvalue weighted by Gasteiger charge is -2.19. The number of amidine groups is 1. The number of aromatic nitrogens is 3. The molecule has 0 radical (unpaired) electrons. The molecule has 5 rings (SSSR count). The summed E-state index contributed by atoms with van der Waals surface area (Å²) in [6.45, 7) is 0.214. The van der Waals surface area contributed by atoms with Crippen LogP contribution in [-0.2, 0) is 16.6 Å². The Morgan fingerprint density at radius 3 is 2.70 bits per heavy atom. The number of sulfonamides is 1. The molecule has 0 atom stereocenters. The summed E-state index contributed by atoms with van der Waals surface area (Å²) in [6, 6.07) is 9.81. The third-order valence-corrected chi connectivity index (χ3v) is 6.79. The van der Waals surface area contributed by atoms with Crippen LogP contribution in [0.2, 0.25) is 0 Å². The monoisotopic (exact) mass is 439 g/mol. The van der Waals surface area contributed by atoms with Crippen molar-refractivity contribution in [2.45, 2.75) is 11.4 Å². The molecular formula is C19H13N5O4S2. The van der Waals surface area contributed by atoms with Crippen molar-refractivity contribution in [2.24, 2.45) is 4.40 Å². The molecule has 2 N–H and O–H groups in total. The topological polar surface area (TPSA) is 127 Å². The van der Waals surface area contributed by atoms with Gasteiger partial charge in [0.25, 0.3) is 15.6 Å². The number of hydrogen-bond acceptors (Lipinski definition) is 8. The Bertz CT molecular complexity index is 1490.